The van der Waals surface area contributed by atoms with Crippen molar-refractivity contribution in [3.05, 3.63) is 59.7 Å². The molecule has 2 aliphatic rings. The lowest BCUT2D eigenvalue weighted by molar-refractivity contribution is -0.126. The van der Waals surface area contributed by atoms with E-state index in [2.05, 4.69) is 24.0 Å². The number of fused-ring (bicyclic) bond motifs is 2. The van der Waals surface area contributed by atoms with Crippen molar-refractivity contribution >= 4 is 28.7 Å². The Labute approximate surface area is 193 Å². The molecule has 2 aromatic carbocycles. The largest absolute Gasteiger partial charge is 0.494 e. The number of nitrogens with zero attached hydrogens (tertiary/aromatic N) is 3. The fourth-order valence-electron chi connectivity index (χ4n) is 4.29. The van der Waals surface area contributed by atoms with E-state index in [4.69, 9.17) is 19.2 Å². The van der Waals surface area contributed by atoms with E-state index < -0.39 is 0 Å². The quantitative estimate of drug-likeness (QED) is 0.571. The second-order valence-corrected chi connectivity index (χ2v) is 8.20. The third kappa shape index (κ3) is 4.31. The SMILES string of the molecule is COc1cccc2c(C)cc(N3CCN(C(=O)/C=C\c4ccc5c(c4)OCCO5)CC3)nc12. The number of ether oxygens (including phenoxy) is 3. The summed E-state index contributed by atoms with van der Waals surface area (Å²) >= 11 is 0. The number of hydrogen-bond donors (Lipinski definition) is 0. The molecule has 1 amide bonds. The van der Waals surface area contributed by atoms with Crippen LogP contribution < -0.4 is 19.1 Å². The Morgan fingerprint density at radius 2 is 1.82 bits per heavy atom. The first-order valence-electron chi connectivity index (χ1n) is 11.2. The topological polar surface area (TPSA) is 64.1 Å². The van der Waals surface area contributed by atoms with Gasteiger partial charge >= 0.3 is 0 Å². The van der Waals surface area contributed by atoms with Crippen LogP contribution in [0.15, 0.2) is 48.5 Å². The van der Waals surface area contributed by atoms with E-state index >= 15 is 0 Å². The summed E-state index contributed by atoms with van der Waals surface area (Å²) in [5, 5.41) is 1.09. The van der Waals surface area contributed by atoms with Gasteiger partial charge in [0.05, 0.1) is 7.11 Å². The minimum atomic E-state index is 0.00820. The van der Waals surface area contributed by atoms with Gasteiger partial charge in [0.15, 0.2) is 11.5 Å². The van der Waals surface area contributed by atoms with E-state index in [1.807, 2.05) is 41.3 Å². The average Bonchev–Trinajstić information content (AvgIpc) is 2.87. The van der Waals surface area contributed by atoms with Gasteiger partial charge in [-0.1, -0.05) is 18.2 Å². The maximum atomic E-state index is 12.7. The number of carbonyl (C=O) groups is 1. The molecule has 0 bridgehead atoms. The van der Waals surface area contributed by atoms with Gasteiger partial charge in [0.25, 0.3) is 0 Å². The molecule has 3 aromatic rings. The summed E-state index contributed by atoms with van der Waals surface area (Å²) in [6.07, 6.45) is 3.46. The predicted octanol–water partition coefficient (Wildman–Crippen LogP) is 3.69. The van der Waals surface area contributed by atoms with Gasteiger partial charge in [0.2, 0.25) is 5.91 Å². The van der Waals surface area contributed by atoms with Gasteiger partial charge < -0.3 is 24.0 Å². The highest BCUT2D eigenvalue weighted by Crippen LogP contribution is 2.31. The molecule has 170 valence electrons. The smallest absolute Gasteiger partial charge is 0.246 e. The van der Waals surface area contributed by atoms with Crippen molar-refractivity contribution in [3.8, 4) is 17.2 Å². The van der Waals surface area contributed by atoms with Crippen molar-refractivity contribution in [2.45, 2.75) is 6.92 Å². The first-order valence-corrected chi connectivity index (χ1v) is 11.2. The van der Waals surface area contributed by atoms with Gasteiger partial charge in [-0.3, -0.25) is 4.79 Å². The number of aromatic nitrogens is 1. The molecule has 1 fully saturated rings. The van der Waals surface area contributed by atoms with Crippen LogP contribution in [-0.2, 0) is 4.79 Å². The van der Waals surface area contributed by atoms with Crippen molar-refractivity contribution in [2.75, 3.05) is 51.4 Å². The Morgan fingerprint density at radius 1 is 1.03 bits per heavy atom. The Kier molecular flexibility index (Phi) is 5.77. The molecule has 5 rings (SSSR count). The number of piperazine rings is 1. The summed E-state index contributed by atoms with van der Waals surface area (Å²) in [6.45, 7) is 5.96. The standard InChI is InChI=1S/C26H27N3O4/c1-18-16-24(27-26-20(18)4-3-5-22(26)31-2)28-10-12-29(13-11-28)25(30)9-7-19-6-8-21-23(17-19)33-15-14-32-21/h3-9,16-17H,10-15H2,1-2H3/b9-7-. The molecule has 0 saturated carbocycles. The fourth-order valence-corrected chi connectivity index (χ4v) is 4.29. The van der Waals surface area contributed by atoms with Crippen molar-refractivity contribution in [1.82, 2.24) is 9.88 Å². The maximum Gasteiger partial charge on any atom is 0.246 e. The fraction of sp³-hybridized carbons (Fsp3) is 0.308. The molecule has 2 aliphatic heterocycles. The molecule has 3 heterocycles. The van der Waals surface area contributed by atoms with Crippen LogP contribution >= 0.6 is 0 Å². The van der Waals surface area contributed by atoms with Gasteiger partial charge in [-0.15, -0.1) is 0 Å². The second-order valence-electron chi connectivity index (χ2n) is 8.20. The van der Waals surface area contributed by atoms with E-state index in [-0.39, 0.29) is 5.91 Å². The zero-order valence-corrected chi connectivity index (χ0v) is 18.9. The molecule has 1 aromatic heterocycles. The monoisotopic (exact) mass is 445 g/mol. The van der Waals surface area contributed by atoms with Crippen molar-refractivity contribution in [2.24, 2.45) is 0 Å². The van der Waals surface area contributed by atoms with Gasteiger partial charge in [-0.2, -0.15) is 0 Å². The summed E-state index contributed by atoms with van der Waals surface area (Å²) < 4.78 is 16.7. The number of benzene rings is 2. The van der Waals surface area contributed by atoms with Crippen molar-refractivity contribution < 1.29 is 19.0 Å². The predicted molar refractivity (Wildman–Crippen MR) is 128 cm³/mol. The molecule has 1 saturated heterocycles. The van der Waals surface area contributed by atoms with Crippen LogP contribution in [0, 0.1) is 6.92 Å². The number of pyridine rings is 1. The Balaban J connectivity index is 1.24. The highest BCUT2D eigenvalue weighted by atomic mass is 16.6. The minimum absolute atomic E-state index is 0.00820. The summed E-state index contributed by atoms with van der Waals surface area (Å²) in [5.41, 5.74) is 2.95. The van der Waals surface area contributed by atoms with Gasteiger partial charge in [0, 0.05) is 37.6 Å². The molecule has 0 radical (unpaired) electrons. The number of carbonyl (C=O) groups excluding carboxylic acids is 1. The van der Waals surface area contributed by atoms with Gasteiger partial charge in [-0.25, -0.2) is 4.98 Å². The molecule has 0 spiro atoms. The summed E-state index contributed by atoms with van der Waals surface area (Å²) in [6, 6.07) is 13.8. The number of para-hydroxylation sites is 1. The van der Waals surface area contributed by atoms with Crippen LogP contribution in [0.2, 0.25) is 0 Å². The lowest BCUT2D eigenvalue weighted by atomic mass is 10.1. The first kappa shape index (κ1) is 21.1. The molecular weight excluding hydrogens is 418 g/mol. The van der Waals surface area contributed by atoms with Crippen molar-refractivity contribution in [3.63, 3.8) is 0 Å². The zero-order chi connectivity index (χ0) is 22.8. The van der Waals surface area contributed by atoms with E-state index in [9.17, 15) is 4.79 Å². The number of aryl methyl sites for hydroxylation is 1. The second kappa shape index (κ2) is 9.02. The normalized spacial score (nSPS) is 15.8. The van der Waals surface area contributed by atoms with Gasteiger partial charge in [0.1, 0.15) is 30.3 Å². The molecule has 7 heteroatoms. The molecule has 0 aliphatic carbocycles. The minimum Gasteiger partial charge on any atom is -0.494 e. The third-order valence-corrected chi connectivity index (χ3v) is 6.12. The molecule has 0 N–H and O–H groups in total. The van der Waals surface area contributed by atoms with E-state index in [0.717, 1.165) is 58.2 Å². The average molecular weight is 446 g/mol. The van der Waals surface area contributed by atoms with E-state index in [1.165, 1.54) is 0 Å². The Bertz CT molecular complexity index is 1220. The van der Waals surface area contributed by atoms with Crippen LogP contribution in [0.5, 0.6) is 17.2 Å². The Hall–Kier alpha value is -3.74. The van der Waals surface area contributed by atoms with Crippen LogP contribution in [0.3, 0.4) is 0 Å². The maximum absolute atomic E-state index is 12.7. The molecular formula is C26H27N3O4. The lowest BCUT2D eigenvalue weighted by Gasteiger charge is -2.35. The van der Waals surface area contributed by atoms with Crippen molar-refractivity contribution in [1.29, 1.82) is 0 Å². The number of methoxy groups -OCH3 is 1. The van der Waals surface area contributed by atoms with E-state index in [1.54, 1.807) is 13.2 Å². The van der Waals surface area contributed by atoms with E-state index in [0.29, 0.717) is 26.3 Å². The van der Waals surface area contributed by atoms with Crippen LogP contribution in [0.4, 0.5) is 5.82 Å². The highest BCUT2D eigenvalue weighted by Gasteiger charge is 2.22. The summed E-state index contributed by atoms with van der Waals surface area (Å²) in [7, 11) is 1.67. The Morgan fingerprint density at radius 3 is 2.61 bits per heavy atom. The molecule has 0 unspecified atom stereocenters. The molecule has 7 nitrogen and oxygen atoms in total. The molecule has 0 atom stereocenters. The van der Waals surface area contributed by atoms with Crippen LogP contribution in [0.25, 0.3) is 17.0 Å². The van der Waals surface area contributed by atoms with Crippen LogP contribution in [0.1, 0.15) is 11.1 Å². The summed E-state index contributed by atoms with van der Waals surface area (Å²) in [4.78, 5) is 21.7. The number of amides is 1. The summed E-state index contributed by atoms with van der Waals surface area (Å²) in [5.74, 6) is 3.17. The third-order valence-electron chi connectivity index (χ3n) is 6.12. The van der Waals surface area contributed by atoms with Gasteiger partial charge in [-0.05, 0) is 48.4 Å². The number of hydrogen-bond acceptors (Lipinski definition) is 6. The molecule has 33 heavy (non-hydrogen) atoms. The lowest BCUT2D eigenvalue weighted by Crippen LogP contribution is -2.48. The number of rotatable bonds is 4. The highest BCUT2D eigenvalue weighted by molar-refractivity contribution is 5.92. The van der Waals surface area contributed by atoms with Crippen LogP contribution in [-0.4, -0.2) is 62.3 Å². The first-order chi connectivity index (χ1) is 16.1. The number of anilines is 1. The zero-order valence-electron chi connectivity index (χ0n) is 18.9.